The largest absolute Gasteiger partial charge is 0.393 e. The van der Waals surface area contributed by atoms with Gasteiger partial charge >= 0.3 is 0 Å². The van der Waals surface area contributed by atoms with Gasteiger partial charge in [-0.15, -0.1) is 0 Å². The maximum Gasteiger partial charge on any atom is 0.0552 e. The molecule has 1 aliphatic rings. The molecule has 1 aromatic heterocycles. The molecule has 2 atom stereocenters. The summed E-state index contributed by atoms with van der Waals surface area (Å²) in [5.74, 6) is 0.464. The Labute approximate surface area is 96.9 Å². The van der Waals surface area contributed by atoms with Crippen molar-refractivity contribution < 1.29 is 5.11 Å². The van der Waals surface area contributed by atoms with E-state index in [0.717, 1.165) is 32.5 Å². The Morgan fingerprint density at radius 1 is 1.62 bits per heavy atom. The van der Waals surface area contributed by atoms with Crippen molar-refractivity contribution in [3.63, 3.8) is 0 Å². The first-order valence-corrected chi connectivity index (χ1v) is 6.04. The Bertz CT molecular complexity index is 335. The van der Waals surface area contributed by atoms with E-state index in [1.807, 2.05) is 24.9 Å². The molecule has 0 bridgehead atoms. The number of nitrogens with zero attached hydrogens (tertiary/aromatic N) is 3. The van der Waals surface area contributed by atoms with Crippen LogP contribution in [0.15, 0.2) is 12.3 Å². The minimum Gasteiger partial charge on any atom is -0.393 e. The Balaban J connectivity index is 1.78. The first-order chi connectivity index (χ1) is 7.66. The van der Waals surface area contributed by atoms with Crippen LogP contribution in [-0.4, -0.2) is 45.5 Å². The summed E-state index contributed by atoms with van der Waals surface area (Å²) < 4.78 is 1.93. The van der Waals surface area contributed by atoms with Gasteiger partial charge in [-0.05, 0) is 31.9 Å². The van der Waals surface area contributed by atoms with E-state index < -0.39 is 0 Å². The van der Waals surface area contributed by atoms with E-state index in [4.69, 9.17) is 0 Å². The second-order valence-electron chi connectivity index (χ2n) is 4.79. The molecule has 4 heteroatoms. The zero-order chi connectivity index (χ0) is 11.5. The molecule has 2 unspecified atom stereocenters. The van der Waals surface area contributed by atoms with Gasteiger partial charge in [-0.25, -0.2) is 0 Å². The minimum atomic E-state index is -0.165. The number of rotatable bonds is 4. The van der Waals surface area contributed by atoms with E-state index in [1.165, 1.54) is 5.69 Å². The quantitative estimate of drug-likeness (QED) is 0.815. The van der Waals surface area contributed by atoms with Gasteiger partial charge in [-0.2, -0.15) is 5.10 Å². The van der Waals surface area contributed by atoms with Gasteiger partial charge in [0.15, 0.2) is 0 Å². The summed E-state index contributed by atoms with van der Waals surface area (Å²) in [6.45, 7) is 5.13. The van der Waals surface area contributed by atoms with Crippen molar-refractivity contribution in [3.8, 4) is 0 Å². The van der Waals surface area contributed by atoms with Gasteiger partial charge in [0.05, 0.1) is 6.10 Å². The lowest BCUT2D eigenvalue weighted by molar-refractivity contribution is 0.128. The van der Waals surface area contributed by atoms with Gasteiger partial charge in [-0.1, -0.05) is 0 Å². The first-order valence-electron chi connectivity index (χ1n) is 6.04. The molecule has 2 rings (SSSR count). The lowest BCUT2D eigenvalue weighted by atomic mass is 10.0. The molecule has 0 radical (unpaired) electrons. The molecule has 1 aliphatic heterocycles. The predicted molar refractivity (Wildman–Crippen MR) is 63.1 cm³/mol. The van der Waals surface area contributed by atoms with Gasteiger partial charge < -0.3 is 10.0 Å². The molecule has 0 spiro atoms. The van der Waals surface area contributed by atoms with Crippen LogP contribution >= 0.6 is 0 Å². The molecule has 1 aromatic rings. The van der Waals surface area contributed by atoms with Crippen molar-refractivity contribution >= 4 is 0 Å². The highest BCUT2D eigenvalue weighted by molar-refractivity contribution is 5.00. The SMILES string of the molecule is CC(O)C1CCN(CCc2ccnn2C)C1. The second kappa shape index (κ2) is 4.97. The third-order valence-electron chi connectivity index (χ3n) is 3.60. The second-order valence-corrected chi connectivity index (χ2v) is 4.79. The number of hydrogen-bond donors (Lipinski definition) is 1. The highest BCUT2D eigenvalue weighted by atomic mass is 16.3. The van der Waals surface area contributed by atoms with Crippen LogP contribution in [0.3, 0.4) is 0 Å². The monoisotopic (exact) mass is 223 g/mol. The normalized spacial score (nSPS) is 23.8. The summed E-state index contributed by atoms with van der Waals surface area (Å²) in [5.41, 5.74) is 1.28. The van der Waals surface area contributed by atoms with E-state index in [1.54, 1.807) is 0 Å². The molecule has 4 nitrogen and oxygen atoms in total. The van der Waals surface area contributed by atoms with E-state index in [-0.39, 0.29) is 6.10 Å². The molecule has 0 amide bonds. The molecular formula is C12H21N3O. The van der Waals surface area contributed by atoms with E-state index >= 15 is 0 Å². The van der Waals surface area contributed by atoms with Crippen LogP contribution in [0, 0.1) is 5.92 Å². The highest BCUT2D eigenvalue weighted by Crippen LogP contribution is 2.19. The van der Waals surface area contributed by atoms with Gasteiger partial charge in [0, 0.05) is 38.4 Å². The summed E-state index contributed by atoms with van der Waals surface area (Å²) in [7, 11) is 1.98. The molecule has 90 valence electrons. The van der Waals surface area contributed by atoms with E-state index in [9.17, 15) is 5.11 Å². The zero-order valence-electron chi connectivity index (χ0n) is 10.1. The van der Waals surface area contributed by atoms with Crippen LogP contribution in [0.4, 0.5) is 0 Å². The predicted octanol–water partition coefficient (Wildman–Crippen LogP) is 0.665. The van der Waals surface area contributed by atoms with E-state index in [2.05, 4.69) is 16.1 Å². The number of likely N-dealkylation sites (tertiary alicyclic amines) is 1. The third-order valence-corrected chi connectivity index (χ3v) is 3.60. The highest BCUT2D eigenvalue weighted by Gasteiger charge is 2.25. The summed E-state index contributed by atoms with van der Waals surface area (Å²) >= 11 is 0. The fourth-order valence-corrected chi connectivity index (χ4v) is 2.38. The van der Waals surface area contributed by atoms with Crippen LogP contribution in [0.2, 0.25) is 0 Å². The van der Waals surface area contributed by atoms with Crippen molar-refractivity contribution in [1.29, 1.82) is 0 Å². The maximum absolute atomic E-state index is 9.53. The molecule has 0 aliphatic carbocycles. The lowest BCUT2D eigenvalue weighted by Gasteiger charge is -2.17. The van der Waals surface area contributed by atoms with Crippen molar-refractivity contribution in [3.05, 3.63) is 18.0 Å². The van der Waals surface area contributed by atoms with Crippen LogP contribution in [-0.2, 0) is 13.5 Å². The fourth-order valence-electron chi connectivity index (χ4n) is 2.38. The molecule has 1 saturated heterocycles. The van der Waals surface area contributed by atoms with Crippen molar-refractivity contribution in [1.82, 2.24) is 14.7 Å². The van der Waals surface area contributed by atoms with Crippen LogP contribution in [0.1, 0.15) is 19.0 Å². The summed E-state index contributed by atoms with van der Waals surface area (Å²) in [6.07, 6.45) is 3.85. The van der Waals surface area contributed by atoms with E-state index in [0.29, 0.717) is 5.92 Å². The van der Waals surface area contributed by atoms with Gasteiger partial charge in [0.2, 0.25) is 0 Å². The molecule has 0 saturated carbocycles. The fraction of sp³-hybridized carbons (Fsp3) is 0.750. The topological polar surface area (TPSA) is 41.3 Å². The van der Waals surface area contributed by atoms with Crippen molar-refractivity contribution in [2.45, 2.75) is 25.9 Å². The standard InChI is InChI=1S/C12H21N3O/c1-10(16)11-4-7-15(9-11)8-5-12-3-6-13-14(12)2/h3,6,10-11,16H,4-5,7-9H2,1-2H3. The molecule has 0 aromatic carbocycles. The van der Waals surface area contributed by atoms with Crippen LogP contribution in [0.25, 0.3) is 0 Å². The average molecular weight is 223 g/mol. The van der Waals surface area contributed by atoms with Crippen molar-refractivity contribution in [2.75, 3.05) is 19.6 Å². The lowest BCUT2D eigenvalue weighted by Crippen LogP contribution is -2.26. The number of aromatic nitrogens is 2. The molecule has 1 N–H and O–H groups in total. The summed E-state index contributed by atoms with van der Waals surface area (Å²) in [5, 5.41) is 13.7. The van der Waals surface area contributed by atoms with Gasteiger partial charge in [-0.3, -0.25) is 4.68 Å². The number of aliphatic hydroxyl groups excluding tert-OH is 1. The molecule has 2 heterocycles. The average Bonchev–Trinajstić information content (AvgIpc) is 2.83. The van der Waals surface area contributed by atoms with Crippen molar-refractivity contribution in [2.24, 2.45) is 13.0 Å². The smallest absolute Gasteiger partial charge is 0.0552 e. The number of aliphatic hydroxyl groups is 1. The van der Waals surface area contributed by atoms with Gasteiger partial charge in [0.25, 0.3) is 0 Å². The maximum atomic E-state index is 9.53. The summed E-state index contributed by atoms with van der Waals surface area (Å²) in [4.78, 5) is 2.43. The molecule has 16 heavy (non-hydrogen) atoms. The molecule has 1 fully saturated rings. The Hall–Kier alpha value is -0.870. The summed E-state index contributed by atoms with van der Waals surface area (Å²) in [6, 6.07) is 2.07. The molecular weight excluding hydrogens is 202 g/mol. The van der Waals surface area contributed by atoms with Crippen LogP contribution < -0.4 is 0 Å². The number of hydrogen-bond acceptors (Lipinski definition) is 3. The Morgan fingerprint density at radius 2 is 2.44 bits per heavy atom. The zero-order valence-corrected chi connectivity index (χ0v) is 10.1. The Morgan fingerprint density at radius 3 is 3.00 bits per heavy atom. The third kappa shape index (κ3) is 2.62. The minimum absolute atomic E-state index is 0.165. The van der Waals surface area contributed by atoms with Crippen LogP contribution in [0.5, 0.6) is 0 Å². The number of aryl methyl sites for hydroxylation is 1. The van der Waals surface area contributed by atoms with Gasteiger partial charge in [0.1, 0.15) is 0 Å². The Kier molecular flexibility index (Phi) is 3.61. The first kappa shape index (κ1) is 11.6.